The lowest BCUT2D eigenvalue weighted by Crippen LogP contribution is -2.24. The summed E-state index contributed by atoms with van der Waals surface area (Å²) in [6.45, 7) is 2.76. The van der Waals surface area contributed by atoms with Gasteiger partial charge in [-0.05, 0) is 25.3 Å². The van der Waals surface area contributed by atoms with Crippen LogP contribution in [0.5, 0.6) is 0 Å². The number of thiazole rings is 1. The number of hydrogen-bond acceptors (Lipinski definition) is 5. The number of carboxylic acids is 1. The normalized spacial score (nSPS) is 15.0. The lowest BCUT2D eigenvalue weighted by molar-refractivity contribution is 0.0702. The summed E-state index contributed by atoms with van der Waals surface area (Å²) in [5.41, 5.74) is 0. The molecule has 1 aliphatic rings. The Morgan fingerprint density at radius 3 is 3.00 bits per heavy atom. The van der Waals surface area contributed by atoms with Crippen LogP contribution in [0.3, 0.4) is 0 Å². The van der Waals surface area contributed by atoms with E-state index in [1.807, 2.05) is 0 Å². The first kappa shape index (κ1) is 11.3. The van der Waals surface area contributed by atoms with Crippen LogP contribution in [0.1, 0.15) is 22.5 Å². The van der Waals surface area contributed by atoms with Crippen LogP contribution in [0.15, 0.2) is 6.20 Å². The van der Waals surface area contributed by atoms with Crippen molar-refractivity contribution in [2.24, 2.45) is 5.92 Å². The average Bonchev–Trinajstić information content (AvgIpc) is 2.94. The summed E-state index contributed by atoms with van der Waals surface area (Å²) in [5, 5.41) is 15.8. The molecule has 5 nitrogen and oxygen atoms in total. The van der Waals surface area contributed by atoms with Crippen molar-refractivity contribution in [1.82, 2.24) is 10.3 Å². The fourth-order valence-electron chi connectivity index (χ4n) is 1.34. The molecule has 1 fully saturated rings. The van der Waals surface area contributed by atoms with Crippen LogP contribution in [0.2, 0.25) is 0 Å². The highest BCUT2D eigenvalue weighted by atomic mass is 32.1. The van der Waals surface area contributed by atoms with Crippen molar-refractivity contribution >= 4 is 22.4 Å². The topological polar surface area (TPSA) is 74.2 Å². The zero-order valence-electron chi connectivity index (χ0n) is 8.90. The maximum absolute atomic E-state index is 10.6. The van der Waals surface area contributed by atoms with Crippen molar-refractivity contribution in [3.8, 4) is 0 Å². The van der Waals surface area contributed by atoms with Crippen LogP contribution in [-0.2, 0) is 0 Å². The minimum atomic E-state index is -0.919. The summed E-state index contributed by atoms with van der Waals surface area (Å²) in [5.74, 6) is -0.0316. The molecule has 3 N–H and O–H groups in total. The number of aromatic nitrogens is 1. The van der Waals surface area contributed by atoms with Gasteiger partial charge in [-0.1, -0.05) is 11.3 Å². The number of carboxylic acid groups (broad SMARTS) is 1. The fraction of sp³-hybridized carbons (Fsp3) is 0.600. The predicted molar refractivity (Wildman–Crippen MR) is 63.2 cm³/mol. The van der Waals surface area contributed by atoms with Gasteiger partial charge in [0, 0.05) is 13.1 Å². The number of aromatic carboxylic acids is 1. The molecule has 0 amide bonds. The lowest BCUT2D eigenvalue weighted by Gasteiger charge is -2.03. The molecule has 0 aromatic carbocycles. The highest BCUT2D eigenvalue weighted by Gasteiger charge is 2.19. The molecule has 2 rings (SSSR count). The van der Waals surface area contributed by atoms with Gasteiger partial charge in [0.1, 0.15) is 4.88 Å². The Labute approximate surface area is 97.9 Å². The van der Waals surface area contributed by atoms with Crippen LogP contribution in [0.4, 0.5) is 5.13 Å². The number of carbonyl (C=O) groups is 1. The highest BCUT2D eigenvalue weighted by Crippen LogP contribution is 2.27. The Bertz CT molecular complexity index is 363. The van der Waals surface area contributed by atoms with Gasteiger partial charge in [0.05, 0.1) is 6.20 Å². The molecule has 6 heteroatoms. The fourth-order valence-corrected chi connectivity index (χ4v) is 2.02. The van der Waals surface area contributed by atoms with Gasteiger partial charge in [0.25, 0.3) is 0 Å². The third kappa shape index (κ3) is 3.46. The van der Waals surface area contributed by atoms with E-state index in [-0.39, 0.29) is 4.88 Å². The van der Waals surface area contributed by atoms with E-state index in [0.29, 0.717) is 5.13 Å². The van der Waals surface area contributed by atoms with Crippen LogP contribution in [0.25, 0.3) is 0 Å². The van der Waals surface area contributed by atoms with Gasteiger partial charge < -0.3 is 15.7 Å². The Hall–Kier alpha value is -1.14. The molecule has 0 radical (unpaired) electrons. The van der Waals surface area contributed by atoms with Crippen molar-refractivity contribution in [3.05, 3.63) is 11.1 Å². The molecular formula is C10H15N3O2S. The standard InChI is InChI=1S/C10H15N3O2S/c14-9(15)8-6-13-10(16-8)12-4-3-11-5-7-1-2-7/h6-7,11H,1-5H2,(H,12,13)(H,14,15). The molecule has 1 aromatic rings. The monoisotopic (exact) mass is 241 g/mol. The Kier molecular flexibility index (Phi) is 3.74. The van der Waals surface area contributed by atoms with Crippen LogP contribution in [0, 0.1) is 5.92 Å². The molecule has 1 heterocycles. The number of rotatable bonds is 7. The number of anilines is 1. The smallest absolute Gasteiger partial charge is 0.347 e. The van der Waals surface area contributed by atoms with Crippen molar-refractivity contribution in [1.29, 1.82) is 0 Å². The quantitative estimate of drug-likeness (QED) is 0.627. The van der Waals surface area contributed by atoms with Gasteiger partial charge >= 0.3 is 5.97 Å². The van der Waals surface area contributed by atoms with E-state index in [4.69, 9.17) is 5.11 Å². The van der Waals surface area contributed by atoms with Gasteiger partial charge in [-0.25, -0.2) is 9.78 Å². The molecular weight excluding hydrogens is 226 g/mol. The molecule has 16 heavy (non-hydrogen) atoms. The largest absolute Gasteiger partial charge is 0.477 e. The van der Waals surface area contributed by atoms with Gasteiger partial charge in [0.2, 0.25) is 0 Å². The van der Waals surface area contributed by atoms with Crippen molar-refractivity contribution < 1.29 is 9.90 Å². The molecule has 0 spiro atoms. The zero-order valence-corrected chi connectivity index (χ0v) is 9.72. The molecule has 0 bridgehead atoms. The van der Waals surface area contributed by atoms with E-state index in [1.54, 1.807) is 0 Å². The second kappa shape index (κ2) is 5.27. The molecule has 0 unspecified atom stereocenters. The van der Waals surface area contributed by atoms with Crippen LogP contribution < -0.4 is 10.6 Å². The summed E-state index contributed by atoms with van der Waals surface area (Å²) in [6.07, 6.45) is 4.09. The Morgan fingerprint density at radius 1 is 1.56 bits per heavy atom. The third-order valence-electron chi connectivity index (χ3n) is 2.42. The molecule has 0 atom stereocenters. The average molecular weight is 241 g/mol. The van der Waals surface area contributed by atoms with E-state index >= 15 is 0 Å². The second-order valence-corrected chi connectivity index (χ2v) is 4.94. The minimum absolute atomic E-state index is 0.272. The van der Waals surface area contributed by atoms with Gasteiger partial charge in [-0.15, -0.1) is 0 Å². The summed E-state index contributed by atoms with van der Waals surface area (Å²) in [7, 11) is 0. The number of nitrogens with zero attached hydrogens (tertiary/aromatic N) is 1. The lowest BCUT2D eigenvalue weighted by atomic mass is 10.4. The first-order valence-electron chi connectivity index (χ1n) is 5.39. The van der Waals surface area contributed by atoms with E-state index in [9.17, 15) is 4.79 Å². The molecule has 1 aliphatic carbocycles. The van der Waals surface area contributed by atoms with Gasteiger partial charge in [-0.3, -0.25) is 0 Å². The van der Waals surface area contributed by atoms with E-state index < -0.39 is 5.97 Å². The number of hydrogen-bond donors (Lipinski definition) is 3. The predicted octanol–water partition coefficient (Wildman–Crippen LogP) is 1.25. The second-order valence-electron chi connectivity index (χ2n) is 3.91. The molecule has 0 aliphatic heterocycles. The summed E-state index contributed by atoms with van der Waals surface area (Å²) in [4.78, 5) is 14.9. The van der Waals surface area contributed by atoms with Crippen molar-refractivity contribution in [2.75, 3.05) is 25.0 Å². The van der Waals surface area contributed by atoms with Crippen molar-refractivity contribution in [2.45, 2.75) is 12.8 Å². The highest BCUT2D eigenvalue weighted by molar-refractivity contribution is 7.17. The maximum Gasteiger partial charge on any atom is 0.347 e. The van der Waals surface area contributed by atoms with E-state index in [2.05, 4.69) is 15.6 Å². The van der Waals surface area contributed by atoms with Gasteiger partial charge in [-0.2, -0.15) is 0 Å². The van der Waals surface area contributed by atoms with Crippen molar-refractivity contribution in [3.63, 3.8) is 0 Å². The maximum atomic E-state index is 10.6. The first-order valence-corrected chi connectivity index (χ1v) is 6.21. The molecule has 1 aromatic heterocycles. The summed E-state index contributed by atoms with van der Waals surface area (Å²) in [6, 6.07) is 0. The minimum Gasteiger partial charge on any atom is -0.477 e. The summed E-state index contributed by atoms with van der Waals surface area (Å²) >= 11 is 1.17. The number of nitrogens with one attached hydrogen (secondary N) is 2. The van der Waals surface area contributed by atoms with E-state index in [0.717, 1.165) is 25.6 Å². The molecule has 88 valence electrons. The zero-order chi connectivity index (χ0) is 11.4. The molecule has 1 saturated carbocycles. The summed E-state index contributed by atoms with van der Waals surface area (Å²) < 4.78 is 0. The third-order valence-corrected chi connectivity index (χ3v) is 3.37. The van der Waals surface area contributed by atoms with Gasteiger partial charge in [0.15, 0.2) is 5.13 Å². The van der Waals surface area contributed by atoms with E-state index in [1.165, 1.54) is 30.4 Å². The van der Waals surface area contributed by atoms with Crippen LogP contribution in [-0.4, -0.2) is 35.7 Å². The molecule has 0 saturated heterocycles. The Balaban J connectivity index is 1.62. The Morgan fingerprint density at radius 2 is 2.38 bits per heavy atom. The van der Waals surface area contributed by atoms with Crippen LogP contribution >= 0.6 is 11.3 Å². The first-order chi connectivity index (χ1) is 7.75. The SMILES string of the molecule is O=C(O)c1cnc(NCCNCC2CC2)s1.